The lowest BCUT2D eigenvalue weighted by molar-refractivity contribution is 0.0590. The van der Waals surface area contributed by atoms with E-state index in [0.29, 0.717) is 18.1 Å². The van der Waals surface area contributed by atoms with E-state index >= 15 is 0 Å². The van der Waals surface area contributed by atoms with Crippen LogP contribution in [0.3, 0.4) is 0 Å². The largest absolute Gasteiger partial charge is 0.464 e. The summed E-state index contributed by atoms with van der Waals surface area (Å²) in [6.45, 7) is 0.410. The summed E-state index contributed by atoms with van der Waals surface area (Å²) >= 11 is 0. The van der Waals surface area contributed by atoms with Crippen LogP contribution in [0.2, 0.25) is 0 Å². The Labute approximate surface area is 114 Å². The Kier molecular flexibility index (Phi) is 3.74. The summed E-state index contributed by atoms with van der Waals surface area (Å²) in [5.74, 6) is -0.524. The normalized spacial score (nSPS) is 10.3. The molecule has 0 saturated carbocycles. The van der Waals surface area contributed by atoms with Crippen molar-refractivity contribution in [2.24, 2.45) is 12.8 Å². The first-order valence-electron chi connectivity index (χ1n) is 5.83. The molecule has 2 rings (SSSR count). The molecule has 0 spiro atoms. The average Bonchev–Trinajstić information content (AvgIpc) is 3.01. The number of primary amides is 1. The van der Waals surface area contributed by atoms with E-state index < -0.39 is 11.9 Å². The number of aryl methyl sites for hydroxylation is 1. The maximum absolute atomic E-state index is 11.5. The molecule has 8 heteroatoms. The second-order valence-electron chi connectivity index (χ2n) is 4.21. The molecule has 4 N–H and O–H groups in total. The van der Waals surface area contributed by atoms with Crippen LogP contribution in [-0.4, -0.2) is 33.8 Å². The van der Waals surface area contributed by atoms with Gasteiger partial charge in [0, 0.05) is 19.8 Å². The first kappa shape index (κ1) is 13.7. The molecule has 20 heavy (non-hydrogen) atoms. The molecule has 2 heterocycles. The Morgan fingerprint density at radius 3 is 2.95 bits per heavy atom. The number of H-pyrrole nitrogens is 1. The van der Waals surface area contributed by atoms with Crippen molar-refractivity contribution in [3.63, 3.8) is 0 Å². The van der Waals surface area contributed by atoms with Gasteiger partial charge < -0.3 is 20.4 Å². The molecular weight excluding hydrogens is 262 g/mol. The second-order valence-corrected chi connectivity index (χ2v) is 4.21. The van der Waals surface area contributed by atoms with E-state index in [4.69, 9.17) is 5.73 Å². The number of nitrogens with two attached hydrogens (primary N) is 1. The minimum Gasteiger partial charge on any atom is -0.464 e. The SMILES string of the molecule is COC(=O)c1cc(CNc2[nH]ncc2C(N)=O)cn1C. The fraction of sp³-hybridized carbons (Fsp3) is 0.250. The number of nitrogens with one attached hydrogen (secondary N) is 2. The highest BCUT2D eigenvalue weighted by Gasteiger charge is 2.13. The monoisotopic (exact) mass is 277 g/mol. The third kappa shape index (κ3) is 2.63. The predicted octanol–water partition coefficient (Wildman–Crippen LogP) is 0.246. The van der Waals surface area contributed by atoms with E-state index in [1.54, 1.807) is 23.9 Å². The number of esters is 1. The van der Waals surface area contributed by atoms with Gasteiger partial charge in [-0.1, -0.05) is 0 Å². The number of hydrogen-bond donors (Lipinski definition) is 3. The maximum Gasteiger partial charge on any atom is 0.354 e. The number of ether oxygens (including phenoxy) is 1. The Balaban J connectivity index is 2.10. The molecule has 8 nitrogen and oxygen atoms in total. The number of hydrogen-bond acceptors (Lipinski definition) is 5. The molecule has 106 valence electrons. The molecule has 0 saturated heterocycles. The molecule has 0 unspecified atom stereocenters. The predicted molar refractivity (Wildman–Crippen MR) is 71.2 cm³/mol. The minimum atomic E-state index is -0.565. The highest BCUT2D eigenvalue weighted by molar-refractivity contribution is 5.97. The van der Waals surface area contributed by atoms with Gasteiger partial charge in [0.05, 0.1) is 13.3 Å². The fourth-order valence-corrected chi connectivity index (χ4v) is 1.84. The van der Waals surface area contributed by atoms with E-state index in [9.17, 15) is 9.59 Å². The van der Waals surface area contributed by atoms with Crippen LogP contribution < -0.4 is 11.1 Å². The Bertz CT molecular complexity index is 643. The summed E-state index contributed by atoms with van der Waals surface area (Å²) in [4.78, 5) is 22.6. The van der Waals surface area contributed by atoms with Crippen LogP contribution in [0.5, 0.6) is 0 Å². The van der Waals surface area contributed by atoms with Crippen molar-refractivity contribution in [1.29, 1.82) is 0 Å². The summed E-state index contributed by atoms with van der Waals surface area (Å²) in [6, 6.07) is 1.71. The fourth-order valence-electron chi connectivity index (χ4n) is 1.84. The van der Waals surface area contributed by atoms with Gasteiger partial charge in [0.2, 0.25) is 0 Å². The molecule has 1 amide bonds. The highest BCUT2D eigenvalue weighted by Crippen LogP contribution is 2.13. The van der Waals surface area contributed by atoms with E-state index in [0.717, 1.165) is 5.56 Å². The number of methoxy groups -OCH3 is 1. The number of rotatable bonds is 5. The van der Waals surface area contributed by atoms with Crippen LogP contribution >= 0.6 is 0 Å². The summed E-state index contributed by atoms with van der Waals surface area (Å²) in [7, 11) is 3.08. The lowest BCUT2D eigenvalue weighted by atomic mass is 10.3. The number of carbonyl (C=O) groups is 2. The van der Waals surface area contributed by atoms with Gasteiger partial charge in [-0.15, -0.1) is 0 Å². The zero-order valence-corrected chi connectivity index (χ0v) is 11.1. The van der Waals surface area contributed by atoms with Crippen LogP contribution in [0.25, 0.3) is 0 Å². The third-order valence-corrected chi connectivity index (χ3v) is 2.83. The van der Waals surface area contributed by atoms with Crippen molar-refractivity contribution in [2.45, 2.75) is 6.54 Å². The number of anilines is 1. The van der Waals surface area contributed by atoms with E-state index in [2.05, 4.69) is 20.3 Å². The molecular formula is C12H15N5O3. The molecule has 0 aliphatic heterocycles. The van der Waals surface area contributed by atoms with E-state index in [1.165, 1.54) is 13.3 Å². The quantitative estimate of drug-likeness (QED) is 0.677. The smallest absolute Gasteiger partial charge is 0.354 e. The topological polar surface area (TPSA) is 115 Å². The minimum absolute atomic E-state index is 0.286. The van der Waals surface area contributed by atoms with Gasteiger partial charge in [0.15, 0.2) is 0 Å². The van der Waals surface area contributed by atoms with Crippen LogP contribution in [0.1, 0.15) is 26.4 Å². The molecule has 0 bridgehead atoms. The summed E-state index contributed by atoms with van der Waals surface area (Å²) < 4.78 is 6.35. The highest BCUT2D eigenvalue weighted by atomic mass is 16.5. The zero-order valence-electron chi connectivity index (χ0n) is 11.1. The van der Waals surface area contributed by atoms with Gasteiger partial charge in [0.1, 0.15) is 17.1 Å². The van der Waals surface area contributed by atoms with Gasteiger partial charge in [0.25, 0.3) is 5.91 Å². The number of aromatic amines is 1. The molecule has 2 aromatic heterocycles. The number of amides is 1. The Morgan fingerprint density at radius 2 is 2.30 bits per heavy atom. The Hall–Kier alpha value is -2.77. The van der Waals surface area contributed by atoms with Crippen LogP contribution in [0.15, 0.2) is 18.5 Å². The summed E-state index contributed by atoms with van der Waals surface area (Å²) in [5.41, 5.74) is 6.80. The van der Waals surface area contributed by atoms with Crippen molar-refractivity contribution in [3.05, 3.63) is 35.3 Å². The molecule has 0 aliphatic carbocycles. The number of nitrogens with zero attached hydrogens (tertiary/aromatic N) is 2. The number of aromatic nitrogens is 3. The van der Waals surface area contributed by atoms with Crippen LogP contribution in [-0.2, 0) is 18.3 Å². The molecule has 2 aromatic rings. The molecule has 0 atom stereocenters. The van der Waals surface area contributed by atoms with Crippen molar-refractivity contribution in [3.8, 4) is 0 Å². The first-order valence-corrected chi connectivity index (χ1v) is 5.83. The lowest BCUT2D eigenvalue weighted by Crippen LogP contribution is -2.13. The standard InChI is InChI=1S/C12H15N5O3/c1-17-6-7(3-9(17)12(19)20-2)4-14-11-8(10(13)18)5-15-16-11/h3,5-6H,4H2,1-2H3,(H2,13,18)(H2,14,15,16). The van der Waals surface area contributed by atoms with E-state index in [1.807, 2.05) is 0 Å². The first-order chi connectivity index (χ1) is 9.52. The molecule has 0 radical (unpaired) electrons. The molecule has 0 fully saturated rings. The van der Waals surface area contributed by atoms with Gasteiger partial charge >= 0.3 is 5.97 Å². The maximum atomic E-state index is 11.5. The second kappa shape index (κ2) is 5.47. The van der Waals surface area contributed by atoms with Crippen LogP contribution in [0, 0.1) is 0 Å². The van der Waals surface area contributed by atoms with Gasteiger partial charge in [-0.3, -0.25) is 9.89 Å². The summed E-state index contributed by atoms with van der Waals surface area (Å²) in [6.07, 6.45) is 3.15. The lowest BCUT2D eigenvalue weighted by Gasteiger charge is -2.03. The third-order valence-electron chi connectivity index (χ3n) is 2.83. The zero-order chi connectivity index (χ0) is 14.7. The Morgan fingerprint density at radius 1 is 1.55 bits per heavy atom. The molecule has 0 aliphatic rings. The number of carbonyl (C=O) groups excluding carboxylic acids is 2. The van der Waals surface area contributed by atoms with Crippen molar-refractivity contribution < 1.29 is 14.3 Å². The molecule has 0 aromatic carbocycles. The van der Waals surface area contributed by atoms with Gasteiger partial charge in [-0.05, 0) is 11.6 Å². The van der Waals surface area contributed by atoms with Crippen molar-refractivity contribution in [2.75, 3.05) is 12.4 Å². The summed E-state index contributed by atoms with van der Waals surface area (Å²) in [5, 5.41) is 9.41. The van der Waals surface area contributed by atoms with Crippen molar-refractivity contribution in [1.82, 2.24) is 14.8 Å². The average molecular weight is 277 g/mol. The van der Waals surface area contributed by atoms with Crippen LogP contribution in [0.4, 0.5) is 5.82 Å². The van der Waals surface area contributed by atoms with E-state index in [-0.39, 0.29) is 5.56 Å². The van der Waals surface area contributed by atoms with Gasteiger partial charge in [-0.25, -0.2) is 4.79 Å². The van der Waals surface area contributed by atoms with Gasteiger partial charge in [-0.2, -0.15) is 5.10 Å². The van der Waals surface area contributed by atoms with Crippen molar-refractivity contribution >= 4 is 17.7 Å².